The summed E-state index contributed by atoms with van der Waals surface area (Å²) < 4.78 is 15.1. The molecular formula is C27H22Cl2FN5O. The second kappa shape index (κ2) is 10.2. The molecule has 1 atom stereocenters. The lowest BCUT2D eigenvalue weighted by molar-refractivity contribution is 0.0932. The molecule has 1 unspecified atom stereocenters. The Morgan fingerprint density at radius 1 is 1.14 bits per heavy atom. The van der Waals surface area contributed by atoms with Crippen LogP contribution in [-0.2, 0) is 12.8 Å². The summed E-state index contributed by atoms with van der Waals surface area (Å²) in [6.45, 7) is 2.39. The largest absolute Gasteiger partial charge is 0.343 e. The van der Waals surface area contributed by atoms with Crippen LogP contribution in [0.15, 0.2) is 71.9 Å². The first-order valence-electron chi connectivity index (χ1n) is 11.5. The van der Waals surface area contributed by atoms with Crippen LogP contribution in [0.2, 0.25) is 10.0 Å². The normalized spacial score (nSPS) is 13.6. The van der Waals surface area contributed by atoms with Crippen molar-refractivity contribution >= 4 is 34.8 Å². The highest BCUT2D eigenvalue weighted by molar-refractivity contribution is 6.35. The first-order chi connectivity index (χ1) is 17.4. The Labute approximate surface area is 217 Å². The van der Waals surface area contributed by atoms with Crippen molar-refractivity contribution in [1.82, 2.24) is 20.1 Å². The Bertz CT molecular complexity index is 1450. The predicted octanol–water partition coefficient (Wildman–Crippen LogP) is 5.79. The van der Waals surface area contributed by atoms with Crippen molar-refractivity contribution in [1.29, 1.82) is 0 Å². The summed E-state index contributed by atoms with van der Waals surface area (Å²) in [4.78, 5) is 22.5. The maximum absolute atomic E-state index is 13.5. The Morgan fingerprint density at radius 3 is 2.67 bits per heavy atom. The highest BCUT2D eigenvalue weighted by atomic mass is 35.5. The number of rotatable bonds is 6. The third-order valence-electron chi connectivity index (χ3n) is 6.04. The Morgan fingerprint density at radius 2 is 1.94 bits per heavy atom. The Hall–Kier alpha value is -3.55. The number of nitrogens with one attached hydrogen (secondary N) is 1. The zero-order chi connectivity index (χ0) is 25.2. The van der Waals surface area contributed by atoms with Crippen molar-refractivity contribution < 1.29 is 9.18 Å². The minimum Gasteiger partial charge on any atom is -0.343 e. The van der Waals surface area contributed by atoms with E-state index in [4.69, 9.17) is 33.3 Å². The average Bonchev–Trinajstić information content (AvgIpc) is 3.26. The van der Waals surface area contributed by atoms with Crippen molar-refractivity contribution in [2.75, 3.05) is 6.54 Å². The van der Waals surface area contributed by atoms with Crippen LogP contribution >= 0.6 is 23.2 Å². The van der Waals surface area contributed by atoms with Gasteiger partial charge in [0.1, 0.15) is 5.82 Å². The number of aliphatic imine (C=N–C) groups is 1. The van der Waals surface area contributed by atoms with Crippen molar-refractivity contribution in [2.24, 2.45) is 4.99 Å². The summed E-state index contributed by atoms with van der Waals surface area (Å²) >= 11 is 12.7. The molecule has 1 aliphatic rings. The van der Waals surface area contributed by atoms with E-state index in [1.54, 1.807) is 41.2 Å². The van der Waals surface area contributed by atoms with Crippen LogP contribution < -0.4 is 5.32 Å². The molecule has 0 fully saturated rings. The molecule has 0 bridgehead atoms. The molecule has 6 nitrogen and oxygen atoms in total. The van der Waals surface area contributed by atoms with Gasteiger partial charge in [-0.05, 0) is 61.4 Å². The van der Waals surface area contributed by atoms with E-state index in [0.717, 1.165) is 22.5 Å². The maximum Gasteiger partial charge on any atom is 0.272 e. The number of carbonyl (C=O) groups excluding carboxylic acids is 1. The van der Waals surface area contributed by atoms with E-state index >= 15 is 0 Å². The standard InChI is InChI=1S/C27H22Cl2FN5O/c1-16(22-4-2-3-12-31-22)33-27(36)25-20-11-13-32-23(14-17-5-8-19(30)9-6-17)26(20)35(34-25)24-10-7-18(28)15-21(24)29/h2-10,12,15-16H,11,13-14H2,1H3,(H,33,36). The van der Waals surface area contributed by atoms with Gasteiger partial charge < -0.3 is 5.32 Å². The van der Waals surface area contributed by atoms with E-state index in [9.17, 15) is 9.18 Å². The van der Waals surface area contributed by atoms with Gasteiger partial charge in [0.2, 0.25) is 0 Å². The number of carbonyl (C=O) groups is 1. The van der Waals surface area contributed by atoms with Gasteiger partial charge in [-0.3, -0.25) is 14.8 Å². The number of hydrogen-bond donors (Lipinski definition) is 1. The molecule has 1 N–H and O–H groups in total. The predicted molar refractivity (Wildman–Crippen MR) is 139 cm³/mol. The highest BCUT2D eigenvalue weighted by Gasteiger charge is 2.30. The third kappa shape index (κ3) is 4.90. The fourth-order valence-corrected chi connectivity index (χ4v) is 4.77. The van der Waals surface area contributed by atoms with Crippen molar-refractivity contribution in [3.63, 3.8) is 0 Å². The first kappa shape index (κ1) is 24.2. The first-order valence-corrected chi connectivity index (χ1v) is 12.2. The fraction of sp³-hybridized carbons (Fsp3) is 0.185. The van der Waals surface area contributed by atoms with Crippen LogP contribution in [0.5, 0.6) is 0 Å². The molecule has 0 saturated heterocycles. The quantitative estimate of drug-likeness (QED) is 0.348. The molecule has 9 heteroatoms. The number of pyridine rings is 1. The molecule has 2 aromatic heterocycles. The molecular weight excluding hydrogens is 500 g/mol. The van der Waals surface area contributed by atoms with Gasteiger partial charge >= 0.3 is 0 Å². The molecule has 2 aromatic carbocycles. The Kier molecular flexibility index (Phi) is 6.85. The summed E-state index contributed by atoms with van der Waals surface area (Å²) in [7, 11) is 0. The van der Waals surface area contributed by atoms with Gasteiger partial charge in [0, 0.05) is 29.7 Å². The molecule has 3 heterocycles. The van der Waals surface area contributed by atoms with Gasteiger partial charge in [-0.2, -0.15) is 5.10 Å². The molecule has 36 heavy (non-hydrogen) atoms. The van der Waals surface area contributed by atoms with Crippen molar-refractivity contribution in [3.05, 3.63) is 111 Å². The van der Waals surface area contributed by atoms with E-state index in [1.807, 2.05) is 25.1 Å². The lowest BCUT2D eigenvalue weighted by Crippen LogP contribution is -2.29. The van der Waals surface area contributed by atoms with Crippen LogP contribution in [0.3, 0.4) is 0 Å². The van der Waals surface area contributed by atoms with Crippen LogP contribution in [-0.4, -0.2) is 32.9 Å². The minimum absolute atomic E-state index is 0.302. The molecule has 4 aromatic rings. The van der Waals surface area contributed by atoms with Crippen molar-refractivity contribution in [3.8, 4) is 5.69 Å². The smallest absolute Gasteiger partial charge is 0.272 e. The highest BCUT2D eigenvalue weighted by Crippen LogP contribution is 2.30. The van der Waals surface area contributed by atoms with Gasteiger partial charge in [-0.1, -0.05) is 41.4 Å². The Balaban J connectivity index is 1.57. The van der Waals surface area contributed by atoms with Gasteiger partial charge in [-0.25, -0.2) is 9.07 Å². The number of hydrogen-bond acceptors (Lipinski definition) is 4. The molecule has 0 radical (unpaired) electrons. The van der Waals surface area contributed by atoms with E-state index in [1.165, 1.54) is 12.1 Å². The van der Waals surface area contributed by atoms with E-state index in [-0.39, 0.29) is 17.8 Å². The third-order valence-corrected chi connectivity index (χ3v) is 6.58. The number of nitrogens with zero attached hydrogens (tertiary/aromatic N) is 4. The van der Waals surface area contributed by atoms with Gasteiger partial charge in [0.25, 0.3) is 5.91 Å². The monoisotopic (exact) mass is 521 g/mol. The topological polar surface area (TPSA) is 72.2 Å². The summed E-state index contributed by atoms with van der Waals surface area (Å²) in [6, 6.07) is 16.7. The fourth-order valence-electron chi connectivity index (χ4n) is 4.28. The van der Waals surface area contributed by atoms with Gasteiger partial charge in [0.05, 0.1) is 33.9 Å². The average molecular weight is 522 g/mol. The van der Waals surface area contributed by atoms with Crippen LogP contribution in [0.25, 0.3) is 5.69 Å². The molecule has 0 aliphatic carbocycles. The lowest BCUT2D eigenvalue weighted by Gasteiger charge is -2.17. The van der Waals surface area contributed by atoms with E-state index in [0.29, 0.717) is 46.5 Å². The van der Waals surface area contributed by atoms with E-state index < -0.39 is 0 Å². The lowest BCUT2D eigenvalue weighted by atomic mass is 9.97. The molecule has 182 valence electrons. The molecule has 0 saturated carbocycles. The zero-order valence-corrected chi connectivity index (χ0v) is 20.9. The van der Waals surface area contributed by atoms with Crippen LogP contribution in [0.4, 0.5) is 4.39 Å². The van der Waals surface area contributed by atoms with Crippen molar-refractivity contribution in [2.45, 2.75) is 25.8 Å². The minimum atomic E-state index is -0.311. The number of aromatic nitrogens is 3. The van der Waals surface area contributed by atoms with Gasteiger partial charge in [-0.15, -0.1) is 0 Å². The SMILES string of the molecule is CC(NC(=O)c1nn(-c2ccc(Cl)cc2Cl)c2c1CCN=C2Cc1ccc(F)cc1)c1ccccn1. The van der Waals surface area contributed by atoms with Crippen LogP contribution in [0.1, 0.15) is 46.0 Å². The summed E-state index contributed by atoms with van der Waals surface area (Å²) in [5.74, 6) is -0.611. The number of benzene rings is 2. The maximum atomic E-state index is 13.5. The summed E-state index contributed by atoms with van der Waals surface area (Å²) in [5.41, 5.74) is 4.79. The number of fused-ring (bicyclic) bond motifs is 1. The van der Waals surface area contributed by atoms with E-state index in [2.05, 4.69) is 10.3 Å². The molecule has 1 amide bonds. The van der Waals surface area contributed by atoms with Crippen LogP contribution in [0, 0.1) is 5.82 Å². The summed E-state index contributed by atoms with van der Waals surface area (Å²) in [6.07, 6.45) is 2.69. The van der Waals surface area contributed by atoms with Gasteiger partial charge in [0.15, 0.2) is 5.69 Å². The second-order valence-corrected chi connectivity index (χ2v) is 9.36. The molecule has 1 aliphatic heterocycles. The number of halogens is 3. The molecule has 0 spiro atoms. The molecule has 5 rings (SSSR count). The second-order valence-electron chi connectivity index (χ2n) is 8.51. The zero-order valence-electron chi connectivity index (χ0n) is 19.4. The summed E-state index contributed by atoms with van der Waals surface area (Å²) in [5, 5.41) is 8.62. The number of amides is 1.